The second kappa shape index (κ2) is 15.2. The van der Waals surface area contributed by atoms with Crippen molar-refractivity contribution in [3.63, 3.8) is 0 Å². The molecule has 0 saturated carbocycles. The second-order valence-electron chi connectivity index (χ2n) is 4.71. The van der Waals surface area contributed by atoms with Gasteiger partial charge in [-0.15, -0.1) is 24.0 Å². The minimum Gasteiger partial charge on any atom is -0.382 e. The summed E-state index contributed by atoms with van der Waals surface area (Å²) in [5.74, 6) is 0.835. The number of methoxy groups -OCH3 is 1. The fraction of sp³-hybridized carbons (Fsp3) is 0.562. The minimum atomic E-state index is 0. The summed E-state index contributed by atoms with van der Waals surface area (Å²) in [7, 11) is 1.68. The summed E-state index contributed by atoms with van der Waals surface area (Å²) in [6.07, 6.45) is 0.937. The van der Waals surface area contributed by atoms with Crippen LogP contribution < -0.4 is 10.6 Å². The van der Waals surface area contributed by atoms with Crippen LogP contribution in [0, 0.1) is 0 Å². The van der Waals surface area contributed by atoms with Gasteiger partial charge in [-0.1, -0.05) is 28.1 Å². The number of aliphatic imine (C=N–C) groups is 1. The maximum atomic E-state index is 5.43. The molecule has 0 radical (unpaired) electrons. The molecule has 0 unspecified atom stereocenters. The van der Waals surface area contributed by atoms with Crippen molar-refractivity contribution in [2.75, 3.05) is 40.0 Å². The molecule has 132 valence electrons. The van der Waals surface area contributed by atoms with Crippen molar-refractivity contribution in [3.8, 4) is 0 Å². The van der Waals surface area contributed by atoms with E-state index in [1.165, 1.54) is 5.56 Å². The zero-order chi connectivity index (χ0) is 16.0. The van der Waals surface area contributed by atoms with E-state index in [1.807, 2.05) is 12.1 Å². The van der Waals surface area contributed by atoms with Gasteiger partial charge in [0, 0.05) is 31.3 Å². The van der Waals surface area contributed by atoms with Crippen LogP contribution in [0.2, 0.25) is 0 Å². The van der Waals surface area contributed by atoms with E-state index >= 15 is 0 Å². The molecule has 1 aromatic rings. The molecule has 0 aromatic heterocycles. The zero-order valence-electron chi connectivity index (χ0n) is 13.8. The van der Waals surface area contributed by atoms with E-state index in [-0.39, 0.29) is 24.0 Å². The lowest BCUT2D eigenvalue weighted by atomic mass is 10.2. The molecule has 5 nitrogen and oxygen atoms in total. The Morgan fingerprint density at radius 2 is 1.87 bits per heavy atom. The number of halogens is 2. The SMILES string of the molecule is CCNC(=NCc1ccc(Br)cc1)NCCCOCCOC.I. The van der Waals surface area contributed by atoms with Crippen molar-refractivity contribution in [1.29, 1.82) is 0 Å². The number of guanidine groups is 1. The molecule has 0 amide bonds. The lowest BCUT2D eigenvalue weighted by Crippen LogP contribution is -2.38. The summed E-state index contributed by atoms with van der Waals surface area (Å²) in [6.45, 7) is 6.41. The number of nitrogens with one attached hydrogen (secondary N) is 2. The highest BCUT2D eigenvalue weighted by atomic mass is 127. The Kier molecular flexibility index (Phi) is 14.9. The third-order valence-electron chi connectivity index (χ3n) is 2.87. The fourth-order valence-electron chi connectivity index (χ4n) is 1.73. The molecule has 0 heterocycles. The number of hydrogen-bond donors (Lipinski definition) is 2. The van der Waals surface area contributed by atoms with Gasteiger partial charge in [0.2, 0.25) is 0 Å². The van der Waals surface area contributed by atoms with Crippen LogP contribution in [0.25, 0.3) is 0 Å². The molecule has 23 heavy (non-hydrogen) atoms. The van der Waals surface area contributed by atoms with Gasteiger partial charge in [-0.2, -0.15) is 0 Å². The highest BCUT2D eigenvalue weighted by molar-refractivity contribution is 14.0. The van der Waals surface area contributed by atoms with Gasteiger partial charge in [0.15, 0.2) is 5.96 Å². The molecule has 0 aliphatic rings. The van der Waals surface area contributed by atoms with E-state index in [0.29, 0.717) is 19.8 Å². The molecule has 0 fully saturated rings. The van der Waals surface area contributed by atoms with E-state index in [0.717, 1.165) is 36.5 Å². The molecule has 0 saturated heterocycles. The molecule has 0 bridgehead atoms. The van der Waals surface area contributed by atoms with E-state index in [4.69, 9.17) is 9.47 Å². The number of benzene rings is 1. The summed E-state index contributed by atoms with van der Waals surface area (Å²) < 4.78 is 11.4. The lowest BCUT2D eigenvalue weighted by molar-refractivity contribution is 0.0698. The first-order valence-corrected chi connectivity index (χ1v) is 8.39. The Labute approximate surface area is 164 Å². The van der Waals surface area contributed by atoms with Crippen molar-refractivity contribution in [3.05, 3.63) is 34.3 Å². The van der Waals surface area contributed by atoms with Gasteiger partial charge in [0.25, 0.3) is 0 Å². The topological polar surface area (TPSA) is 54.9 Å². The van der Waals surface area contributed by atoms with Crippen LogP contribution in [0.3, 0.4) is 0 Å². The Morgan fingerprint density at radius 3 is 2.52 bits per heavy atom. The van der Waals surface area contributed by atoms with Crippen LogP contribution in [-0.2, 0) is 16.0 Å². The van der Waals surface area contributed by atoms with Gasteiger partial charge >= 0.3 is 0 Å². The first kappa shape index (κ1) is 22.6. The van der Waals surface area contributed by atoms with Crippen LogP contribution in [-0.4, -0.2) is 46.0 Å². The molecule has 2 N–H and O–H groups in total. The number of rotatable bonds is 10. The Bertz CT molecular complexity index is 430. The van der Waals surface area contributed by atoms with Gasteiger partial charge < -0.3 is 20.1 Å². The molecular weight excluding hydrogens is 473 g/mol. The van der Waals surface area contributed by atoms with Crippen molar-refractivity contribution < 1.29 is 9.47 Å². The Balaban J connectivity index is 0.00000484. The summed E-state index contributed by atoms with van der Waals surface area (Å²) in [5, 5.41) is 6.56. The van der Waals surface area contributed by atoms with E-state index < -0.39 is 0 Å². The zero-order valence-corrected chi connectivity index (χ0v) is 17.7. The quantitative estimate of drug-likeness (QED) is 0.225. The lowest BCUT2D eigenvalue weighted by Gasteiger charge is -2.11. The van der Waals surface area contributed by atoms with Gasteiger partial charge in [0.05, 0.1) is 19.8 Å². The van der Waals surface area contributed by atoms with Crippen molar-refractivity contribution in [1.82, 2.24) is 10.6 Å². The highest BCUT2D eigenvalue weighted by Gasteiger charge is 1.98. The Hall–Kier alpha value is -0.380. The first-order chi connectivity index (χ1) is 10.8. The average Bonchev–Trinajstić information content (AvgIpc) is 2.53. The van der Waals surface area contributed by atoms with Crippen LogP contribution in [0.4, 0.5) is 0 Å². The molecule has 0 atom stereocenters. The monoisotopic (exact) mass is 499 g/mol. The van der Waals surface area contributed by atoms with Gasteiger partial charge in [-0.25, -0.2) is 4.99 Å². The van der Waals surface area contributed by atoms with Crippen LogP contribution in [0.1, 0.15) is 18.9 Å². The summed E-state index contributed by atoms with van der Waals surface area (Å²) in [5.41, 5.74) is 1.18. The van der Waals surface area contributed by atoms with Crippen LogP contribution in [0.5, 0.6) is 0 Å². The third-order valence-corrected chi connectivity index (χ3v) is 3.40. The van der Waals surface area contributed by atoms with Crippen molar-refractivity contribution in [2.45, 2.75) is 19.9 Å². The maximum Gasteiger partial charge on any atom is 0.191 e. The smallest absolute Gasteiger partial charge is 0.191 e. The number of hydrogen-bond acceptors (Lipinski definition) is 3. The van der Waals surface area contributed by atoms with Gasteiger partial charge in [-0.05, 0) is 31.0 Å². The molecule has 1 rings (SSSR count). The van der Waals surface area contributed by atoms with Gasteiger partial charge in [0.1, 0.15) is 0 Å². The first-order valence-electron chi connectivity index (χ1n) is 7.59. The summed E-state index contributed by atoms with van der Waals surface area (Å²) in [6, 6.07) is 8.20. The number of nitrogens with zero attached hydrogens (tertiary/aromatic N) is 1. The summed E-state index contributed by atoms with van der Waals surface area (Å²) >= 11 is 3.43. The molecule has 0 spiro atoms. The predicted molar refractivity (Wildman–Crippen MR) is 110 cm³/mol. The summed E-state index contributed by atoms with van der Waals surface area (Å²) in [4.78, 5) is 4.58. The number of ether oxygens (including phenoxy) is 2. The minimum absolute atomic E-state index is 0. The molecule has 1 aromatic carbocycles. The second-order valence-corrected chi connectivity index (χ2v) is 5.62. The Morgan fingerprint density at radius 1 is 1.13 bits per heavy atom. The highest BCUT2D eigenvalue weighted by Crippen LogP contribution is 2.10. The third kappa shape index (κ3) is 11.7. The van der Waals surface area contributed by atoms with Crippen LogP contribution >= 0.6 is 39.9 Å². The van der Waals surface area contributed by atoms with E-state index in [1.54, 1.807) is 7.11 Å². The molecule has 7 heteroatoms. The largest absolute Gasteiger partial charge is 0.382 e. The van der Waals surface area contributed by atoms with Gasteiger partial charge in [-0.3, -0.25) is 0 Å². The van der Waals surface area contributed by atoms with Crippen LogP contribution in [0.15, 0.2) is 33.7 Å². The standard InChI is InChI=1S/C16H26BrN3O2.HI/c1-3-18-16(19-9-4-10-22-12-11-21-2)20-13-14-5-7-15(17)8-6-14;/h5-8H,3-4,9-13H2,1-2H3,(H2,18,19,20);1H. The fourth-order valence-corrected chi connectivity index (χ4v) is 1.99. The molecule has 0 aliphatic carbocycles. The van der Waals surface area contributed by atoms with Crippen molar-refractivity contribution in [2.24, 2.45) is 4.99 Å². The molecule has 0 aliphatic heterocycles. The molecular formula is C16H27BrIN3O2. The normalized spacial score (nSPS) is 11.0. The average molecular weight is 500 g/mol. The van der Waals surface area contributed by atoms with E-state index in [2.05, 4.69) is 50.6 Å². The maximum absolute atomic E-state index is 5.43. The van der Waals surface area contributed by atoms with Crippen molar-refractivity contribution >= 4 is 45.9 Å². The predicted octanol–water partition coefficient (Wildman–Crippen LogP) is 3.18. The van der Waals surface area contributed by atoms with E-state index in [9.17, 15) is 0 Å².